The van der Waals surface area contributed by atoms with Crippen LogP contribution in [0.3, 0.4) is 0 Å². The lowest BCUT2D eigenvalue weighted by molar-refractivity contribution is -0.0401. The molecule has 60 valence electrons. The van der Waals surface area contributed by atoms with Crippen molar-refractivity contribution in [3.63, 3.8) is 0 Å². The van der Waals surface area contributed by atoms with Gasteiger partial charge < -0.3 is 9.84 Å². The SMILES string of the molecule is CCC1(CO)CCCOC1. The molecule has 1 unspecified atom stereocenters. The van der Waals surface area contributed by atoms with Gasteiger partial charge in [-0.15, -0.1) is 0 Å². The van der Waals surface area contributed by atoms with Crippen LogP contribution in [0.5, 0.6) is 0 Å². The minimum absolute atomic E-state index is 0.0955. The van der Waals surface area contributed by atoms with Gasteiger partial charge in [-0.1, -0.05) is 6.92 Å². The van der Waals surface area contributed by atoms with E-state index in [0.29, 0.717) is 0 Å². The monoisotopic (exact) mass is 144 g/mol. The zero-order valence-electron chi connectivity index (χ0n) is 6.60. The van der Waals surface area contributed by atoms with Gasteiger partial charge in [0.05, 0.1) is 13.2 Å². The van der Waals surface area contributed by atoms with Gasteiger partial charge in [0.1, 0.15) is 0 Å². The Balaban J connectivity index is 2.44. The summed E-state index contributed by atoms with van der Waals surface area (Å²) >= 11 is 0. The van der Waals surface area contributed by atoms with Crippen LogP contribution in [0, 0.1) is 5.41 Å². The van der Waals surface area contributed by atoms with E-state index in [9.17, 15) is 0 Å². The third-order valence-corrected chi connectivity index (χ3v) is 2.49. The minimum atomic E-state index is 0.0955. The molecule has 1 saturated heterocycles. The first-order valence-electron chi connectivity index (χ1n) is 4.01. The fourth-order valence-corrected chi connectivity index (χ4v) is 1.43. The zero-order chi connectivity index (χ0) is 7.45. The van der Waals surface area contributed by atoms with Crippen LogP contribution >= 0.6 is 0 Å². The maximum absolute atomic E-state index is 9.06. The summed E-state index contributed by atoms with van der Waals surface area (Å²) in [6.07, 6.45) is 3.26. The van der Waals surface area contributed by atoms with Gasteiger partial charge in [-0.25, -0.2) is 0 Å². The highest BCUT2D eigenvalue weighted by atomic mass is 16.5. The average Bonchev–Trinajstić information content (AvgIpc) is 2.06. The van der Waals surface area contributed by atoms with Crippen LogP contribution in [0.1, 0.15) is 26.2 Å². The molecule has 0 amide bonds. The van der Waals surface area contributed by atoms with Crippen molar-refractivity contribution in [3.8, 4) is 0 Å². The molecule has 1 rings (SSSR count). The van der Waals surface area contributed by atoms with Crippen molar-refractivity contribution in [1.82, 2.24) is 0 Å². The molecule has 1 aliphatic heterocycles. The van der Waals surface area contributed by atoms with Crippen LogP contribution in [-0.4, -0.2) is 24.9 Å². The highest BCUT2D eigenvalue weighted by Crippen LogP contribution is 2.30. The predicted molar refractivity (Wildman–Crippen MR) is 39.9 cm³/mol. The summed E-state index contributed by atoms with van der Waals surface area (Å²) in [5.41, 5.74) is 0.0955. The second-order valence-corrected chi connectivity index (χ2v) is 3.17. The van der Waals surface area contributed by atoms with E-state index in [0.717, 1.165) is 32.5 Å². The molecule has 2 heteroatoms. The highest BCUT2D eigenvalue weighted by molar-refractivity contribution is 4.79. The molecular weight excluding hydrogens is 128 g/mol. The van der Waals surface area contributed by atoms with Crippen molar-refractivity contribution in [3.05, 3.63) is 0 Å². The van der Waals surface area contributed by atoms with Crippen LogP contribution < -0.4 is 0 Å². The summed E-state index contributed by atoms with van der Waals surface area (Å²) in [6.45, 7) is 4.02. The first-order chi connectivity index (χ1) is 4.83. The van der Waals surface area contributed by atoms with Crippen molar-refractivity contribution in [1.29, 1.82) is 0 Å². The Kier molecular flexibility index (Phi) is 2.69. The fourth-order valence-electron chi connectivity index (χ4n) is 1.43. The number of hydrogen-bond acceptors (Lipinski definition) is 2. The normalized spacial score (nSPS) is 34.2. The van der Waals surface area contributed by atoms with Crippen molar-refractivity contribution in [2.75, 3.05) is 19.8 Å². The second kappa shape index (κ2) is 3.35. The van der Waals surface area contributed by atoms with Gasteiger partial charge >= 0.3 is 0 Å². The summed E-state index contributed by atoms with van der Waals surface area (Å²) in [4.78, 5) is 0. The number of rotatable bonds is 2. The van der Waals surface area contributed by atoms with E-state index < -0.39 is 0 Å². The number of aliphatic hydroxyl groups is 1. The van der Waals surface area contributed by atoms with E-state index in [4.69, 9.17) is 9.84 Å². The maximum Gasteiger partial charge on any atom is 0.0544 e. The second-order valence-electron chi connectivity index (χ2n) is 3.17. The van der Waals surface area contributed by atoms with Crippen molar-refractivity contribution in [2.24, 2.45) is 5.41 Å². The van der Waals surface area contributed by atoms with E-state index >= 15 is 0 Å². The Bertz CT molecular complexity index is 89.4. The maximum atomic E-state index is 9.06. The topological polar surface area (TPSA) is 29.5 Å². The van der Waals surface area contributed by atoms with Gasteiger partial charge in [-0.3, -0.25) is 0 Å². The standard InChI is InChI=1S/C8H16O2/c1-2-8(6-9)4-3-5-10-7-8/h9H,2-7H2,1H3. The first-order valence-corrected chi connectivity index (χ1v) is 4.01. The van der Waals surface area contributed by atoms with E-state index in [2.05, 4.69) is 6.92 Å². The third-order valence-electron chi connectivity index (χ3n) is 2.49. The Morgan fingerprint density at radius 3 is 2.70 bits per heavy atom. The van der Waals surface area contributed by atoms with Crippen LogP contribution in [0.15, 0.2) is 0 Å². The molecule has 0 spiro atoms. The largest absolute Gasteiger partial charge is 0.396 e. The molecule has 1 atom stereocenters. The highest BCUT2D eigenvalue weighted by Gasteiger charge is 2.29. The van der Waals surface area contributed by atoms with Crippen molar-refractivity contribution >= 4 is 0 Å². The van der Waals surface area contributed by atoms with E-state index in [-0.39, 0.29) is 12.0 Å². The summed E-state index contributed by atoms with van der Waals surface area (Å²) in [5.74, 6) is 0. The predicted octanol–water partition coefficient (Wildman–Crippen LogP) is 1.19. The number of hydrogen-bond donors (Lipinski definition) is 1. The Morgan fingerprint density at radius 1 is 1.60 bits per heavy atom. The summed E-state index contributed by atoms with van der Waals surface area (Å²) in [7, 11) is 0. The van der Waals surface area contributed by atoms with E-state index in [1.54, 1.807) is 0 Å². The summed E-state index contributed by atoms with van der Waals surface area (Å²) < 4.78 is 5.31. The molecule has 0 aromatic carbocycles. The molecular formula is C8H16O2. The van der Waals surface area contributed by atoms with Crippen LogP contribution in [0.2, 0.25) is 0 Å². The molecule has 0 aromatic rings. The van der Waals surface area contributed by atoms with Crippen molar-refractivity contribution < 1.29 is 9.84 Å². The molecule has 2 nitrogen and oxygen atoms in total. The van der Waals surface area contributed by atoms with Crippen LogP contribution in [0.4, 0.5) is 0 Å². The fraction of sp³-hybridized carbons (Fsp3) is 1.00. The Hall–Kier alpha value is -0.0800. The number of aliphatic hydroxyl groups excluding tert-OH is 1. The quantitative estimate of drug-likeness (QED) is 0.630. The van der Waals surface area contributed by atoms with Gasteiger partial charge in [0.2, 0.25) is 0 Å². The molecule has 0 saturated carbocycles. The summed E-state index contributed by atoms with van der Waals surface area (Å²) in [5, 5.41) is 9.06. The van der Waals surface area contributed by atoms with E-state index in [1.807, 2.05) is 0 Å². The van der Waals surface area contributed by atoms with Crippen LogP contribution in [-0.2, 0) is 4.74 Å². The number of ether oxygens (including phenoxy) is 1. The molecule has 0 aliphatic carbocycles. The van der Waals surface area contributed by atoms with Gasteiger partial charge in [0.15, 0.2) is 0 Å². The molecule has 1 heterocycles. The lowest BCUT2D eigenvalue weighted by Crippen LogP contribution is -2.34. The average molecular weight is 144 g/mol. The third kappa shape index (κ3) is 1.50. The van der Waals surface area contributed by atoms with Crippen LogP contribution in [0.25, 0.3) is 0 Å². The lowest BCUT2D eigenvalue weighted by atomic mass is 9.81. The zero-order valence-corrected chi connectivity index (χ0v) is 6.60. The molecule has 0 radical (unpaired) electrons. The first kappa shape index (κ1) is 8.02. The van der Waals surface area contributed by atoms with Gasteiger partial charge in [0, 0.05) is 12.0 Å². The smallest absolute Gasteiger partial charge is 0.0544 e. The molecule has 0 aromatic heterocycles. The molecule has 1 aliphatic rings. The Labute approximate surface area is 62.2 Å². The summed E-state index contributed by atoms with van der Waals surface area (Å²) in [6, 6.07) is 0. The molecule has 1 fully saturated rings. The molecule has 10 heavy (non-hydrogen) atoms. The molecule has 0 bridgehead atoms. The van der Waals surface area contributed by atoms with E-state index in [1.165, 1.54) is 0 Å². The lowest BCUT2D eigenvalue weighted by Gasteiger charge is -2.34. The van der Waals surface area contributed by atoms with Crippen molar-refractivity contribution in [2.45, 2.75) is 26.2 Å². The van der Waals surface area contributed by atoms with Gasteiger partial charge in [-0.2, -0.15) is 0 Å². The minimum Gasteiger partial charge on any atom is -0.396 e. The molecule has 1 N–H and O–H groups in total. The van der Waals surface area contributed by atoms with Gasteiger partial charge in [0.25, 0.3) is 0 Å². The van der Waals surface area contributed by atoms with Gasteiger partial charge in [-0.05, 0) is 19.3 Å². The Morgan fingerprint density at radius 2 is 2.40 bits per heavy atom.